The number of nitrogens with zero attached hydrogens (tertiary/aromatic N) is 4. The quantitative estimate of drug-likeness (QED) is 0.545. The number of halogens is 1. The summed E-state index contributed by atoms with van der Waals surface area (Å²) in [5, 5.41) is 10.2. The van der Waals surface area contributed by atoms with Gasteiger partial charge in [-0.15, -0.1) is 10.2 Å². The molecule has 5 nitrogen and oxygen atoms in total. The lowest BCUT2D eigenvalue weighted by Crippen LogP contribution is -2.33. The van der Waals surface area contributed by atoms with Crippen LogP contribution >= 0.6 is 23.4 Å². The van der Waals surface area contributed by atoms with E-state index in [1.807, 2.05) is 29.2 Å². The number of carbonyl (C=O) groups excluding carboxylic acids is 1. The van der Waals surface area contributed by atoms with E-state index in [-0.39, 0.29) is 5.91 Å². The Morgan fingerprint density at radius 1 is 1.08 bits per heavy atom. The van der Waals surface area contributed by atoms with Crippen molar-refractivity contribution in [3.63, 3.8) is 0 Å². The van der Waals surface area contributed by atoms with Gasteiger partial charge in [-0.3, -0.25) is 4.79 Å². The van der Waals surface area contributed by atoms with Crippen LogP contribution in [0.1, 0.15) is 40.0 Å². The molecule has 0 radical (unpaired) electrons. The van der Waals surface area contributed by atoms with Crippen molar-refractivity contribution in [3.8, 4) is 11.4 Å². The van der Waals surface area contributed by atoms with Gasteiger partial charge in [0.05, 0.1) is 5.75 Å². The second-order valence-corrected chi connectivity index (χ2v) is 7.51. The molecule has 0 spiro atoms. The Hall–Kier alpha value is -1.53. The molecule has 0 aliphatic rings. The van der Waals surface area contributed by atoms with E-state index < -0.39 is 0 Å². The molecule has 7 heteroatoms. The molecule has 0 aliphatic carbocycles. The predicted octanol–water partition coefficient (Wildman–Crippen LogP) is 4.75. The molecule has 2 aromatic rings. The molecule has 0 fully saturated rings. The summed E-state index contributed by atoms with van der Waals surface area (Å²) < 4.78 is 2.09. The number of hydrogen-bond donors (Lipinski definition) is 0. The first-order valence-corrected chi connectivity index (χ1v) is 10.6. The molecular weight excluding hydrogens is 368 g/mol. The highest BCUT2D eigenvalue weighted by atomic mass is 35.5. The predicted molar refractivity (Wildman–Crippen MR) is 109 cm³/mol. The number of carbonyl (C=O) groups is 1. The highest BCUT2D eigenvalue weighted by molar-refractivity contribution is 7.99. The number of rotatable bonds is 10. The minimum atomic E-state index is 0.165. The summed E-state index contributed by atoms with van der Waals surface area (Å²) in [4.78, 5) is 14.5. The van der Waals surface area contributed by atoms with E-state index in [4.69, 9.17) is 11.6 Å². The maximum absolute atomic E-state index is 12.5. The molecule has 142 valence electrons. The monoisotopic (exact) mass is 394 g/mol. The average Bonchev–Trinajstić information content (AvgIpc) is 3.03. The zero-order valence-corrected chi connectivity index (χ0v) is 17.3. The molecule has 0 N–H and O–H groups in total. The topological polar surface area (TPSA) is 51.0 Å². The lowest BCUT2D eigenvalue weighted by molar-refractivity contribution is -0.128. The van der Waals surface area contributed by atoms with Gasteiger partial charge in [0, 0.05) is 30.2 Å². The summed E-state index contributed by atoms with van der Waals surface area (Å²) in [6.07, 6.45) is 2.92. The van der Waals surface area contributed by atoms with Gasteiger partial charge in [-0.1, -0.05) is 44.1 Å². The lowest BCUT2D eigenvalue weighted by Gasteiger charge is -2.21. The zero-order valence-electron chi connectivity index (χ0n) is 15.7. The number of aromatic nitrogens is 3. The van der Waals surface area contributed by atoms with Gasteiger partial charge in [0.1, 0.15) is 0 Å². The Kier molecular flexibility index (Phi) is 8.45. The molecule has 1 amide bonds. The molecule has 26 heavy (non-hydrogen) atoms. The molecule has 0 atom stereocenters. The first-order chi connectivity index (χ1) is 12.6. The molecule has 0 aliphatic heterocycles. The third-order valence-electron chi connectivity index (χ3n) is 3.93. The van der Waals surface area contributed by atoms with Gasteiger partial charge in [0.25, 0.3) is 0 Å². The van der Waals surface area contributed by atoms with Crippen LogP contribution in [0, 0.1) is 0 Å². The molecule has 0 bridgehead atoms. The number of benzene rings is 1. The third-order valence-corrected chi connectivity index (χ3v) is 5.13. The number of amides is 1. The highest BCUT2D eigenvalue weighted by Crippen LogP contribution is 2.25. The lowest BCUT2D eigenvalue weighted by atomic mass is 10.2. The maximum atomic E-state index is 12.5. The van der Waals surface area contributed by atoms with Gasteiger partial charge >= 0.3 is 0 Å². The fraction of sp³-hybridized carbons (Fsp3) is 0.526. The standard InChI is InChI=1S/C19H27ClN4OS/c1-4-11-23(12-5-2)17(25)14-26-19-22-21-18(24(19)13-6-3)15-7-9-16(20)10-8-15/h7-10H,4-6,11-14H2,1-3H3. The van der Waals surface area contributed by atoms with E-state index in [9.17, 15) is 4.79 Å². The van der Waals surface area contributed by atoms with Gasteiger partial charge in [0.15, 0.2) is 11.0 Å². The summed E-state index contributed by atoms with van der Waals surface area (Å²) in [6.45, 7) is 8.75. The Bertz CT molecular complexity index is 696. The van der Waals surface area contributed by atoms with Crippen LogP contribution in [-0.2, 0) is 11.3 Å². The van der Waals surface area contributed by atoms with Crippen LogP contribution < -0.4 is 0 Å². The number of thioether (sulfide) groups is 1. The van der Waals surface area contributed by atoms with E-state index in [0.29, 0.717) is 10.8 Å². The van der Waals surface area contributed by atoms with Crippen LogP contribution in [0.5, 0.6) is 0 Å². The van der Waals surface area contributed by atoms with E-state index in [0.717, 1.165) is 55.4 Å². The first kappa shape index (κ1) is 20.8. The molecule has 1 heterocycles. The van der Waals surface area contributed by atoms with Gasteiger partial charge in [-0.2, -0.15) is 0 Å². The summed E-state index contributed by atoms with van der Waals surface area (Å²) in [5.41, 5.74) is 0.979. The Labute approximate surface area is 165 Å². The fourth-order valence-electron chi connectivity index (χ4n) is 2.75. The summed E-state index contributed by atoms with van der Waals surface area (Å²) in [7, 11) is 0. The van der Waals surface area contributed by atoms with Crippen molar-refractivity contribution >= 4 is 29.3 Å². The van der Waals surface area contributed by atoms with Crippen LogP contribution in [-0.4, -0.2) is 44.4 Å². The maximum Gasteiger partial charge on any atom is 0.233 e. The molecule has 2 rings (SSSR count). The fourth-order valence-corrected chi connectivity index (χ4v) is 3.75. The molecule has 0 saturated heterocycles. The van der Waals surface area contributed by atoms with Crippen LogP contribution in [0.15, 0.2) is 29.4 Å². The Morgan fingerprint density at radius 2 is 1.73 bits per heavy atom. The Morgan fingerprint density at radius 3 is 2.31 bits per heavy atom. The van der Waals surface area contributed by atoms with Crippen LogP contribution in [0.4, 0.5) is 0 Å². The molecule has 0 saturated carbocycles. The second-order valence-electron chi connectivity index (χ2n) is 6.13. The largest absolute Gasteiger partial charge is 0.342 e. The third kappa shape index (κ3) is 5.48. The molecular formula is C19H27ClN4OS. The molecule has 1 aromatic carbocycles. The minimum absolute atomic E-state index is 0.165. The molecule has 0 unspecified atom stereocenters. The van der Waals surface area contributed by atoms with Crippen molar-refractivity contribution in [1.82, 2.24) is 19.7 Å². The highest BCUT2D eigenvalue weighted by Gasteiger charge is 2.17. The summed E-state index contributed by atoms with van der Waals surface area (Å²) >= 11 is 7.45. The minimum Gasteiger partial charge on any atom is -0.342 e. The van der Waals surface area contributed by atoms with Crippen LogP contribution in [0.3, 0.4) is 0 Å². The van der Waals surface area contributed by atoms with Gasteiger partial charge in [0.2, 0.25) is 5.91 Å². The van der Waals surface area contributed by atoms with Gasteiger partial charge < -0.3 is 9.47 Å². The first-order valence-electron chi connectivity index (χ1n) is 9.20. The van der Waals surface area contributed by atoms with Crippen molar-refractivity contribution in [2.24, 2.45) is 0 Å². The number of hydrogen-bond acceptors (Lipinski definition) is 4. The summed E-state index contributed by atoms with van der Waals surface area (Å²) in [6, 6.07) is 7.60. The van der Waals surface area contributed by atoms with E-state index >= 15 is 0 Å². The van der Waals surface area contributed by atoms with E-state index in [1.165, 1.54) is 11.8 Å². The van der Waals surface area contributed by atoms with E-state index in [2.05, 4.69) is 35.5 Å². The van der Waals surface area contributed by atoms with Crippen molar-refractivity contribution in [2.75, 3.05) is 18.8 Å². The average molecular weight is 395 g/mol. The SMILES string of the molecule is CCCN(CCC)C(=O)CSc1nnc(-c2ccc(Cl)cc2)n1CCC. The molecule has 1 aromatic heterocycles. The smallest absolute Gasteiger partial charge is 0.233 e. The summed E-state index contributed by atoms with van der Waals surface area (Å²) in [5.74, 6) is 1.37. The van der Waals surface area contributed by atoms with Crippen molar-refractivity contribution in [3.05, 3.63) is 29.3 Å². The van der Waals surface area contributed by atoms with Crippen molar-refractivity contribution in [1.29, 1.82) is 0 Å². The van der Waals surface area contributed by atoms with Crippen LogP contribution in [0.2, 0.25) is 5.02 Å². The van der Waals surface area contributed by atoms with Crippen molar-refractivity contribution in [2.45, 2.75) is 51.7 Å². The van der Waals surface area contributed by atoms with Gasteiger partial charge in [-0.25, -0.2) is 0 Å². The Balaban J connectivity index is 2.14. The normalized spacial score (nSPS) is 10.9. The van der Waals surface area contributed by atoms with Crippen LogP contribution in [0.25, 0.3) is 11.4 Å². The van der Waals surface area contributed by atoms with E-state index in [1.54, 1.807) is 0 Å². The second kappa shape index (κ2) is 10.6. The zero-order chi connectivity index (χ0) is 18.9. The van der Waals surface area contributed by atoms with Crippen molar-refractivity contribution < 1.29 is 4.79 Å². The van der Waals surface area contributed by atoms with Gasteiger partial charge in [-0.05, 0) is 43.5 Å².